The van der Waals surface area contributed by atoms with Crippen LogP contribution in [0.4, 0.5) is 4.79 Å². The normalized spacial score (nSPS) is 20.1. The largest absolute Gasteiger partial charge is 0.468 e. The van der Waals surface area contributed by atoms with Gasteiger partial charge in [0.1, 0.15) is 11.4 Å². The van der Waals surface area contributed by atoms with Gasteiger partial charge in [0, 0.05) is 19.1 Å². The van der Waals surface area contributed by atoms with Crippen molar-refractivity contribution >= 4 is 6.09 Å². The molecule has 1 aromatic rings. The van der Waals surface area contributed by atoms with Crippen molar-refractivity contribution in [2.45, 2.75) is 58.2 Å². The predicted molar refractivity (Wildman–Crippen MR) is 81.0 cm³/mol. The van der Waals surface area contributed by atoms with Gasteiger partial charge in [0.2, 0.25) is 0 Å². The third-order valence-corrected chi connectivity index (χ3v) is 3.52. The Morgan fingerprint density at radius 3 is 2.90 bits per heavy atom. The minimum absolute atomic E-state index is 0.200. The first kappa shape index (κ1) is 15.9. The Hall–Kier alpha value is -1.49. The molecule has 5 nitrogen and oxygen atoms in total. The number of nitrogens with zero attached hydrogens (tertiary/aromatic N) is 1. The zero-order chi connectivity index (χ0) is 15.3. The molecule has 0 bridgehead atoms. The van der Waals surface area contributed by atoms with Gasteiger partial charge in [-0.25, -0.2) is 4.79 Å². The van der Waals surface area contributed by atoms with Crippen LogP contribution in [0.25, 0.3) is 0 Å². The average Bonchev–Trinajstić information content (AvgIpc) is 2.78. The first-order chi connectivity index (χ1) is 9.94. The fraction of sp³-hybridized carbons (Fsp3) is 0.688. The lowest BCUT2D eigenvalue weighted by Crippen LogP contribution is -2.38. The van der Waals surface area contributed by atoms with Crippen LogP contribution in [0.5, 0.6) is 0 Å². The van der Waals surface area contributed by atoms with Crippen LogP contribution in [-0.2, 0) is 11.3 Å². The van der Waals surface area contributed by atoms with E-state index in [4.69, 9.17) is 9.15 Å². The maximum absolute atomic E-state index is 12.1. The molecule has 1 aliphatic rings. The number of furan rings is 1. The van der Waals surface area contributed by atoms with Gasteiger partial charge in [-0.15, -0.1) is 0 Å². The van der Waals surface area contributed by atoms with Crippen LogP contribution in [0.3, 0.4) is 0 Å². The molecular formula is C16H26N2O3. The molecule has 1 saturated heterocycles. The molecule has 1 fully saturated rings. The number of ether oxygens (including phenoxy) is 1. The van der Waals surface area contributed by atoms with Crippen molar-refractivity contribution in [3.05, 3.63) is 24.2 Å². The van der Waals surface area contributed by atoms with Crippen LogP contribution in [0, 0.1) is 0 Å². The summed E-state index contributed by atoms with van der Waals surface area (Å²) in [6.45, 7) is 7.95. The van der Waals surface area contributed by atoms with E-state index in [0.717, 1.165) is 44.7 Å². The minimum atomic E-state index is -0.430. The van der Waals surface area contributed by atoms with Crippen LogP contribution < -0.4 is 5.32 Å². The van der Waals surface area contributed by atoms with Crippen molar-refractivity contribution in [3.8, 4) is 0 Å². The van der Waals surface area contributed by atoms with E-state index in [1.54, 1.807) is 6.26 Å². The Kier molecular flexibility index (Phi) is 5.28. The molecule has 21 heavy (non-hydrogen) atoms. The molecule has 118 valence electrons. The van der Waals surface area contributed by atoms with Gasteiger partial charge in [0.05, 0.1) is 12.8 Å². The van der Waals surface area contributed by atoms with Crippen LogP contribution in [0.2, 0.25) is 0 Å². The molecule has 0 aromatic carbocycles. The molecule has 1 amide bonds. The third kappa shape index (κ3) is 5.42. The molecule has 0 aliphatic carbocycles. The monoisotopic (exact) mass is 294 g/mol. The SMILES string of the molecule is CC(C)(C)OC(=O)N1CCC[C@H](NCc2ccco2)CC1. The van der Waals surface area contributed by atoms with E-state index in [1.807, 2.05) is 37.8 Å². The molecule has 2 heterocycles. The summed E-state index contributed by atoms with van der Waals surface area (Å²) in [6.07, 6.45) is 4.50. The first-order valence-electron chi connectivity index (χ1n) is 7.68. The van der Waals surface area contributed by atoms with E-state index in [-0.39, 0.29) is 6.09 Å². The van der Waals surface area contributed by atoms with Gasteiger partial charge in [0.25, 0.3) is 0 Å². The number of carbonyl (C=O) groups is 1. The predicted octanol–water partition coefficient (Wildman–Crippen LogP) is 3.16. The van der Waals surface area contributed by atoms with Gasteiger partial charge in [-0.05, 0) is 52.2 Å². The van der Waals surface area contributed by atoms with Gasteiger partial charge >= 0.3 is 6.09 Å². The van der Waals surface area contributed by atoms with Gasteiger partial charge in [-0.3, -0.25) is 0 Å². The molecular weight excluding hydrogens is 268 g/mol. The molecule has 0 radical (unpaired) electrons. The second-order valence-corrected chi connectivity index (χ2v) is 6.56. The molecule has 5 heteroatoms. The molecule has 1 N–H and O–H groups in total. The second kappa shape index (κ2) is 6.98. The molecule has 2 rings (SSSR count). The highest BCUT2D eigenvalue weighted by atomic mass is 16.6. The molecule has 1 aliphatic heterocycles. The Morgan fingerprint density at radius 2 is 2.24 bits per heavy atom. The van der Waals surface area contributed by atoms with Gasteiger partial charge < -0.3 is 19.4 Å². The van der Waals surface area contributed by atoms with Crippen LogP contribution in [-0.4, -0.2) is 35.7 Å². The number of amides is 1. The lowest BCUT2D eigenvalue weighted by molar-refractivity contribution is 0.0256. The summed E-state index contributed by atoms with van der Waals surface area (Å²) in [5, 5.41) is 3.50. The maximum Gasteiger partial charge on any atom is 0.410 e. The molecule has 1 atom stereocenters. The first-order valence-corrected chi connectivity index (χ1v) is 7.68. The van der Waals surface area contributed by atoms with Crippen molar-refractivity contribution in [2.24, 2.45) is 0 Å². The fourth-order valence-electron chi connectivity index (χ4n) is 2.47. The summed E-state index contributed by atoms with van der Waals surface area (Å²) in [7, 11) is 0. The fourth-order valence-corrected chi connectivity index (χ4v) is 2.47. The zero-order valence-electron chi connectivity index (χ0n) is 13.2. The highest BCUT2D eigenvalue weighted by Gasteiger charge is 2.25. The Labute approximate surface area is 126 Å². The van der Waals surface area contributed by atoms with Crippen molar-refractivity contribution in [3.63, 3.8) is 0 Å². The van der Waals surface area contributed by atoms with Crippen molar-refractivity contribution < 1.29 is 13.9 Å². The van der Waals surface area contributed by atoms with Crippen LogP contribution in [0.1, 0.15) is 45.8 Å². The van der Waals surface area contributed by atoms with E-state index in [9.17, 15) is 4.79 Å². The molecule has 0 saturated carbocycles. The standard InChI is InChI=1S/C16H26N2O3/c1-16(2,3)21-15(19)18-9-4-6-13(8-10-18)17-12-14-7-5-11-20-14/h5,7,11,13,17H,4,6,8-10,12H2,1-3H3/t13-/m0/s1. The highest BCUT2D eigenvalue weighted by molar-refractivity contribution is 5.68. The third-order valence-electron chi connectivity index (χ3n) is 3.52. The average molecular weight is 294 g/mol. The minimum Gasteiger partial charge on any atom is -0.468 e. The smallest absolute Gasteiger partial charge is 0.410 e. The van der Waals surface area contributed by atoms with Gasteiger partial charge in [-0.2, -0.15) is 0 Å². The van der Waals surface area contributed by atoms with E-state index in [2.05, 4.69) is 5.32 Å². The summed E-state index contributed by atoms with van der Waals surface area (Å²) in [5.41, 5.74) is -0.430. The molecule has 0 unspecified atom stereocenters. The van der Waals surface area contributed by atoms with Crippen LogP contribution >= 0.6 is 0 Å². The summed E-state index contributed by atoms with van der Waals surface area (Å²) < 4.78 is 10.8. The van der Waals surface area contributed by atoms with Crippen molar-refractivity contribution in [2.75, 3.05) is 13.1 Å². The zero-order valence-corrected chi connectivity index (χ0v) is 13.2. The summed E-state index contributed by atoms with van der Waals surface area (Å²) >= 11 is 0. The topological polar surface area (TPSA) is 54.7 Å². The van der Waals surface area contributed by atoms with Crippen molar-refractivity contribution in [1.82, 2.24) is 10.2 Å². The number of rotatable bonds is 3. The van der Waals surface area contributed by atoms with E-state index in [1.165, 1.54) is 0 Å². The Bertz CT molecular complexity index is 437. The molecule has 1 aromatic heterocycles. The van der Waals surface area contributed by atoms with Gasteiger partial charge in [-0.1, -0.05) is 0 Å². The lowest BCUT2D eigenvalue weighted by Gasteiger charge is -2.26. The number of hydrogen-bond donors (Lipinski definition) is 1. The summed E-state index contributed by atoms with van der Waals surface area (Å²) in [6, 6.07) is 4.29. The van der Waals surface area contributed by atoms with Crippen molar-refractivity contribution in [1.29, 1.82) is 0 Å². The highest BCUT2D eigenvalue weighted by Crippen LogP contribution is 2.16. The Morgan fingerprint density at radius 1 is 1.43 bits per heavy atom. The van der Waals surface area contributed by atoms with E-state index in [0.29, 0.717) is 6.04 Å². The lowest BCUT2D eigenvalue weighted by atomic mass is 10.1. The molecule has 0 spiro atoms. The van der Waals surface area contributed by atoms with E-state index >= 15 is 0 Å². The number of likely N-dealkylation sites (tertiary alicyclic amines) is 1. The van der Waals surface area contributed by atoms with Crippen LogP contribution in [0.15, 0.2) is 22.8 Å². The summed E-state index contributed by atoms with van der Waals surface area (Å²) in [5.74, 6) is 0.947. The quantitative estimate of drug-likeness (QED) is 0.930. The Balaban J connectivity index is 1.77. The van der Waals surface area contributed by atoms with Gasteiger partial charge in [0.15, 0.2) is 0 Å². The number of hydrogen-bond acceptors (Lipinski definition) is 4. The second-order valence-electron chi connectivity index (χ2n) is 6.56. The number of nitrogens with one attached hydrogen (secondary N) is 1. The number of carbonyl (C=O) groups excluding carboxylic acids is 1. The maximum atomic E-state index is 12.1. The summed E-state index contributed by atoms with van der Waals surface area (Å²) in [4.78, 5) is 13.9. The van der Waals surface area contributed by atoms with E-state index < -0.39 is 5.60 Å².